The number of carbonyl (C=O) groups is 2. The second kappa shape index (κ2) is 8.17. The largest absolute Gasteiger partial charge is 0.461 e. The third-order valence-electron chi connectivity index (χ3n) is 10.2. The van der Waals surface area contributed by atoms with Crippen LogP contribution in [0, 0.1) is 22.7 Å². The molecule has 0 saturated heterocycles. The summed E-state index contributed by atoms with van der Waals surface area (Å²) in [7, 11) is 0. The van der Waals surface area contributed by atoms with Gasteiger partial charge in [-0.15, -0.1) is 11.6 Å². The van der Waals surface area contributed by atoms with Crippen molar-refractivity contribution in [2.45, 2.75) is 87.9 Å². The molecule has 8 heteroatoms. The third-order valence-corrected chi connectivity index (χ3v) is 10.4. The zero-order valence-electron chi connectivity index (χ0n) is 19.5. The van der Waals surface area contributed by atoms with Gasteiger partial charge < -0.3 is 24.2 Å². The monoisotopic (exact) mass is 492 g/mol. The lowest BCUT2D eigenvalue weighted by Crippen LogP contribution is -2.68. The summed E-state index contributed by atoms with van der Waals surface area (Å²) in [4.78, 5) is 35.9. The SMILES string of the molecule is CC12CCC3C(CCC4(O)CC(OC(=O)CCl)CCC34C=O)C1(O)CCC2c1ccc(=O)oc1. The van der Waals surface area contributed by atoms with Gasteiger partial charge in [-0.2, -0.15) is 0 Å². The third kappa shape index (κ3) is 3.19. The first kappa shape index (κ1) is 24.0. The second-order valence-corrected chi connectivity index (χ2v) is 11.6. The highest BCUT2D eigenvalue weighted by Crippen LogP contribution is 2.71. The standard InChI is InChI=1S/C26H33ClO7/c1-23-8-5-19-20(26(23,32)11-7-18(23)16-2-3-21(29)33-14-16)6-10-25(31)12-17(34-22(30)13-27)4-9-24(19,25)15-28/h2-3,14-15,17-20,31-32H,4-13H2,1H3. The van der Waals surface area contributed by atoms with E-state index in [1.807, 2.05) is 0 Å². The minimum atomic E-state index is -1.27. The smallest absolute Gasteiger partial charge is 0.335 e. The molecule has 2 N–H and O–H groups in total. The van der Waals surface area contributed by atoms with Gasteiger partial charge in [0, 0.05) is 17.9 Å². The van der Waals surface area contributed by atoms with Gasteiger partial charge in [-0.25, -0.2) is 4.79 Å². The minimum absolute atomic E-state index is 0.0569. The van der Waals surface area contributed by atoms with Crippen molar-refractivity contribution in [2.24, 2.45) is 22.7 Å². The highest BCUT2D eigenvalue weighted by Gasteiger charge is 2.71. The maximum atomic E-state index is 12.7. The Morgan fingerprint density at radius 3 is 2.59 bits per heavy atom. The van der Waals surface area contributed by atoms with E-state index in [-0.39, 0.29) is 30.1 Å². The number of aliphatic hydroxyl groups is 2. The molecule has 0 aromatic carbocycles. The van der Waals surface area contributed by atoms with Crippen LogP contribution in [-0.4, -0.2) is 45.7 Å². The van der Waals surface area contributed by atoms with Crippen LogP contribution >= 0.6 is 11.6 Å². The first-order valence-electron chi connectivity index (χ1n) is 12.4. The van der Waals surface area contributed by atoms with Crippen LogP contribution in [0.4, 0.5) is 0 Å². The molecule has 4 fully saturated rings. The number of hydrogen-bond acceptors (Lipinski definition) is 7. The van der Waals surface area contributed by atoms with E-state index < -0.39 is 39.7 Å². The summed E-state index contributed by atoms with van der Waals surface area (Å²) in [5.41, 5.74) is -3.09. The molecule has 0 radical (unpaired) electrons. The molecule has 1 aromatic rings. The van der Waals surface area contributed by atoms with Crippen LogP contribution in [0.3, 0.4) is 0 Å². The lowest BCUT2D eigenvalue weighted by Gasteiger charge is -2.65. The topological polar surface area (TPSA) is 114 Å². The molecule has 4 aliphatic carbocycles. The molecule has 8 unspecified atom stereocenters. The normalized spacial score (nSPS) is 45.5. The van der Waals surface area contributed by atoms with Crippen molar-refractivity contribution in [3.63, 3.8) is 0 Å². The van der Waals surface area contributed by atoms with E-state index in [0.717, 1.165) is 24.7 Å². The van der Waals surface area contributed by atoms with Crippen molar-refractivity contribution in [3.8, 4) is 0 Å². The lowest BCUT2D eigenvalue weighted by atomic mass is 9.41. The fourth-order valence-corrected chi connectivity index (χ4v) is 8.62. The zero-order chi connectivity index (χ0) is 24.4. The average molecular weight is 493 g/mol. The number of rotatable bonds is 4. The molecule has 34 heavy (non-hydrogen) atoms. The fourth-order valence-electron chi connectivity index (χ4n) is 8.55. The van der Waals surface area contributed by atoms with Gasteiger partial charge in [0.25, 0.3) is 0 Å². The molecule has 0 spiro atoms. The van der Waals surface area contributed by atoms with Gasteiger partial charge in [-0.1, -0.05) is 6.92 Å². The number of esters is 1. The van der Waals surface area contributed by atoms with E-state index >= 15 is 0 Å². The van der Waals surface area contributed by atoms with Crippen molar-refractivity contribution in [1.29, 1.82) is 0 Å². The van der Waals surface area contributed by atoms with E-state index in [1.165, 1.54) is 12.3 Å². The summed E-state index contributed by atoms with van der Waals surface area (Å²) in [6.45, 7) is 2.13. The van der Waals surface area contributed by atoms with E-state index in [0.29, 0.717) is 38.5 Å². The Kier molecular flexibility index (Phi) is 5.77. The van der Waals surface area contributed by atoms with Crippen LogP contribution in [0.2, 0.25) is 0 Å². The van der Waals surface area contributed by atoms with Gasteiger partial charge in [0.1, 0.15) is 18.3 Å². The Morgan fingerprint density at radius 1 is 1.15 bits per heavy atom. The van der Waals surface area contributed by atoms with Crippen LogP contribution in [0.1, 0.15) is 76.2 Å². The Labute approximate surface area is 203 Å². The molecular weight excluding hydrogens is 460 g/mol. The zero-order valence-corrected chi connectivity index (χ0v) is 20.3. The predicted octanol–water partition coefficient (Wildman–Crippen LogP) is 3.33. The van der Waals surface area contributed by atoms with Gasteiger partial charge in [0.05, 0.1) is 22.9 Å². The fraction of sp³-hybridized carbons (Fsp3) is 0.731. The molecule has 0 bridgehead atoms. The Balaban J connectivity index is 1.45. The van der Waals surface area contributed by atoms with Crippen LogP contribution in [-0.2, 0) is 14.3 Å². The summed E-state index contributed by atoms with van der Waals surface area (Å²) in [5.74, 6) is -0.949. The van der Waals surface area contributed by atoms with Gasteiger partial charge in [0.2, 0.25) is 0 Å². The van der Waals surface area contributed by atoms with E-state index in [4.69, 9.17) is 20.8 Å². The molecule has 4 aliphatic rings. The second-order valence-electron chi connectivity index (χ2n) is 11.3. The van der Waals surface area contributed by atoms with Gasteiger partial charge in [-0.3, -0.25) is 4.79 Å². The summed E-state index contributed by atoms with van der Waals surface area (Å²) in [6, 6.07) is 3.23. The highest BCUT2D eigenvalue weighted by molar-refractivity contribution is 6.26. The molecule has 7 nitrogen and oxygen atoms in total. The first-order chi connectivity index (χ1) is 16.1. The number of fused-ring (bicyclic) bond motifs is 5. The molecular formula is C26H33ClO7. The summed E-state index contributed by atoms with van der Waals surface area (Å²) >= 11 is 5.59. The molecule has 0 amide bonds. The molecule has 1 aromatic heterocycles. The van der Waals surface area contributed by atoms with E-state index in [9.17, 15) is 24.6 Å². The molecule has 0 aliphatic heterocycles. The first-order valence-corrected chi connectivity index (χ1v) is 12.9. The van der Waals surface area contributed by atoms with Crippen molar-refractivity contribution in [2.75, 3.05) is 5.88 Å². The number of halogens is 1. The summed E-state index contributed by atoms with van der Waals surface area (Å²) in [6.07, 6.45) is 6.95. The van der Waals surface area contributed by atoms with E-state index in [1.54, 1.807) is 6.07 Å². The van der Waals surface area contributed by atoms with Crippen LogP contribution < -0.4 is 5.63 Å². The van der Waals surface area contributed by atoms with E-state index in [2.05, 4.69) is 6.92 Å². The molecule has 4 saturated carbocycles. The van der Waals surface area contributed by atoms with Gasteiger partial charge in [0.15, 0.2) is 0 Å². The molecule has 5 rings (SSSR count). The summed E-state index contributed by atoms with van der Waals surface area (Å²) in [5, 5.41) is 24.1. The van der Waals surface area contributed by atoms with Gasteiger partial charge >= 0.3 is 11.6 Å². The number of ether oxygens (including phenoxy) is 1. The summed E-state index contributed by atoms with van der Waals surface area (Å²) < 4.78 is 10.6. The van der Waals surface area contributed by atoms with Crippen LogP contribution in [0.25, 0.3) is 0 Å². The van der Waals surface area contributed by atoms with Crippen LogP contribution in [0.15, 0.2) is 27.6 Å². The van der Waals surface area contributed by atoms with Crippen LogP contribution in [0.5, 0.6) is 0 Å². The van der Waals surface area contributed by atoms with Crippen molar-refractivity contribution in [1.82, 2.24) is 0 Å². The predicted molar refractivity (Wildman–Crippen MR) is 123 cm³/mol. The minimum Gasteiger partial charge on any atom is -0.461 e. The Morgan fingerprint density at radius 2 is 1.91 bits per heavy atom. The number of aldehydes is 1. The Bertz CT molecular complexity index is 1020. The highest BCUT2D eigenvalue weighted by atomic mass is 35.5. The van der Waals surface area contributed by atoms with Crippen molar-refractivity contribution in [3.05, 3.63) is 34.4 Å². The van der Waals surface area contributed by atoms with Crippen molar-refractivity contribution >= 4 is 23.9 Å². The lowest BCUT2D eigenvalue weighted by molar-refractivity contribution is -0.248. The maximum absolute atomic E-state index is 12.7. The quantitative estimate of drug-likeness (QED) is 0.376. The maximum Gasteiger partial charge on any atom is 0.335 e. The number of hydrogen-bond donors (Lipinski definition) is 2. The van der Waals surface area contributed by atoms with Crippen molar-refractivity contribution < 1.29 is 29.0 Å². The molecule has 8 atom stereocenters. The molecule has 186 valence electrons. The van der Waals surface area contributed by atoms with Gasteiger partial charge in [-0.05, 0) is 80.8 Å². The molecule has 1 heterocycles. The number of alkyl halides is 1. The Hall–Kier alpha value is -1.70. The average Bonchev–Trinajstić information content (AvgIpc) is 3.10. The number of carbonyl (C=O) groups excluding carboxylic acids is 2.